The maximum Gasteiger partial charge on any atom is 0.0952 e. The molecule has 0 saturated carbocycles. The molecule has 18 heavy (non-hydrogen) atoms. The monoisotopic (exact) mass is 239 g/mol. The van der Waals surface area contributed by atoms with E-state index in [9.17, 15) is 0 Å². The third-order valence-corrected chi connectivity index (χ3v) is 2.77. The fraction of sp³-hybridized carbons (Fsp3) is 0.0714. The lowest BCUT2D eigenvalue weighted by molar-refractivity contribution is 0.564. The summed E-state index contributed by atoms with van der Waals surface area (Å²) in [6, 6.07) is 10.2. The molecular weight excluding hydrogens is 226 g/mol. The minimum atomic E-state index is 0.764. The van der Waals surface area contributed by atoms with Crippen molar-refractivity contribution in [2.24, 2.45) is 0 Å². The van der Waals surface area contributed by atoms with E-state index in [4.69, 9.17) is 4.42 Å². The molecule has 0 radical (unpaired) electrons. The average Bonchev–Trinajstić information content (AvgIpc) is 3.10. The number of imidazole rings is 1. The highest BCUT2D eigenvalue weighted by Gasteiger charge is 1.99. The molecule has 4 nitrogen and oxygen atoms in total. The predicted octanol–water partition coefficient (Wildman–Crippen LogP) is 3.28. The molecule has 2 aromatic heterocycles. The van der Waals surface area contributed by atoms with Crippen LogP contribution in [-0.4, -0.2) is 9.97 Å². The minimum absolute atomic E-state index is 0.764. The van der Waals surface area contributed by atoms with Crippen LogP contribution in [0.2, 0.25) is 0 Å². The molecule has 4 heteroatoms. The fourth-order valence-electron chi connectivity index (χ4n) is 1.78. The normalized spacial score (nSPS) is 10.4. The number of anilines is 1. The second kappa shape index (κ2) is 4.79. The Labute approximate surface area is 105 Å². The van der Waals surface area contributed by atoms with Gasteiger partial charge in [0.1, 0.15) is 0 Å². The van der Waals surface area contributed by atoms with Crippen LogP contribution in [0.5, 0.6) is 0 Å². The summed E-state index contributed by atoms with van der Waals surface area (Å²) >= 11 is 0. The quantitative estimate of drug-likeness (QED) is 0.734. The number of H-pyrrole nitrogens is 1. The van der Waals surface area contributed by atoms with Crippen LogP contribution in [0.3, 0.4) is 0 Å². The molecular formula is C14H13N3O. The lowest BCUT2D eigenvalue weighted by atomic mass is 10.1. The maximum atomic E-state index is 5.02. The third kappa shape index (κ3) is 2.27. The fourth-order valence-corrected chi connectivity index (χ4v) is 1.78. The highest BCUT2D eigenvalue weighted by molar-refractivity contribution is 5.61. The van der Waals surface area contributed by atoms with E-state index in [2.05, 4.69) is 39.6 Å². The van der Waals surface area contributed by atoms with E-state index < -0.39 is 0 Å². The van der Waals surface area contributed by atoms with Crippen molar-refractivity contribution < 1.29 is 4.42 Å². The van der Waals surface area contributed by atoms with Crippen molar-refractivity contribution in [1.29, 1.82) is 0 Å². The predicted molar refractivity (Wildman–Crippen MR) is 70.1 cm³/mol. The Hall–Kier alpha value is -2.49. The molecule has 3 aromatic rings. The van der Waals surface area contributed by atoms with Gasteiger partial charge in [-0.2, -0.15) is 0 Å². The van der Waals surface area contributed by atoms with Gasteiger partial charge >= 0.3 is 0 Å². The van der Waals surface area contributed by atoms with Crippen LogP contribution in [0.15, 0.2) is 59.8 Å². The Kier molecular flexibility index (Phi) is 2.84. The van der Waals surface area contributed by atoms with Crippen LogP contribution in [0.25, 0.3) is 11.3 Å². The van der Waals surface area contributed by atoms with Crippen molar-refractivity contribution in [3.8, 4) is 11.3 Å². The van der Waals surface area contributed by atoms with Crippen LogP contribution < -0.4 is 5.32 Å². The third-order valence-electron chi connectivity index (χ3n) is 2.77. The second-order valence-electron chi connectivity index (χ2n) is 4.03. The van der Waals surface area contributed by atoms with Gasteiger partial charge in [-0.05, 0) is 23.8 Å². The summed E-state index contributed by atoms with van der Waals surface area (Å²) in [6.07, 6.45) is 6.92. The van der Waals surface area contributed by atoms with E-state index in [-0.39, 0.29) is 0 Å². The van der Waals surface area contributed by atoms with E-state index in [0.29, 0.717) is 0 Å². The molecule has 0 amide bonds. The molecule has 0 aliphatic carbocycles. The topological polar surface area (TPSA) is 53.9 Å². The number of furan rings is 1. The molecule has 3 rings (SSSR count). The Morgan fingerprint density at radius 2 is 2.06 bits per heavy atom. The number of nitrogens with zero attached hydrogens (tertiary/aromatic N) is 1. The van der Waals surface area contributed by atoms with Crippen molar-refractivity contribution in [3.05, 3.63) is 60.9 Å². The molecule has 0 fully saturated rings. The van der Waals surface area contributed by atoms with Gasteiger partial charge in [-0.25, -0.2) is 4.98 Å². The smallest absolute Gasteiger partial charge is 0.0952 e. The van der Waals surface area contributed by atoms with Crippen LogP contribution in [0, 0.1) is 0 Å². The van der Waals surface area contributed by atoms with Crippen molar-refractivity contribution in [1.82, 2.24) is 9.97 Å². The molecule has 0 aliphatic rings. The summed E-state index contributed by atoms with van der Waals surface area (Å²) in [5.74, 6) is 0. The maximum absolute atomic E-state index is 5.02. The molecule has 0 unspecified atom stereocenters. The van der Waals surface area contributed by atoms with Gasteiger partial charge in [0, 0.05) is 17.8 Å². The number of hydrogen-bond acceptors (Lipinski definition) is 3. The highest BCUT2D eigenvalue weighted by atomic mass is 16.3. The molecule has 0 saturated heterocycles. The summed E-state index contributed by atoms with van der Waals surface area (Å²) in [6.45, 7) is 0.764. The lowest BCUT2D eigenvalue weighted by Gasteiger charge is -2.05. The Balaban J connectivity index is 1.68. The highest BCUT2D eigenvalue weighted by Crippen LogP contribution is 2.19. The van der Waals surface area contributed by atoms with E-state index in [0.717, 1.165) is 29.1 Å². The van der Waals surface area contributed by atoms with Crippen LogP contribution in [0.1, 0.15) is 5.56 Å². The van der Waals surface area contributed by atoms with Gasteiger partial charge in [-0.1, -0.05) is 12.1 Å². The van der Waals surface area contributed by atoms with Gasteiger partial charge in [0.15, 0.2) is 0 Å². The number of hydrogen-bond donors (Lipinski definition) is 2. The molecule has 0 atom stereocenters. The standard InChI is InChI=1S/C14H13N3O/c1-3-13(16-7-11-5-6-18-9-11)4-2-12(1)14-8-15-10-17-14/h1-6,8-10,16H,7H2,(H,15,17). The van der Waals surface area contributed by atoms with Crippen LogP contribution in [-0.2, 0) is 6.54 Å². The average molecular weight is 239 g/mol. The van der Waals surface area contributed by atoms with E-state index in [1.165, 1.54) is 0 Å². The van der Waals surface area contributed by atoms with Crippen molar-refractivity contribution >= 4 is 5.69 Å². The van der Waals surface area contributed by atoms with Gasteiger partial charge < -0.3 is 14.7 Å². The molecule has 1 aromatic carbocycles. The van der Waals surface area contributed by atoms with E-state index in [1.807, 2.05) is 12.3 Å². The van der Waals surface area contributed by atoms with E-state index >= 15 is 0 Å². The molecule has 0 spiro atoms. The zero-order valence-corrected chi connectivity index (χ0v) is 9.76. The number of benzene rings is 1. The summed E-state index contributed by atoms with van der Waals surface area (Å²) in [4.78, 5) is 7.09. The summed E-state index contributed by atoms with van der Waals surface area (Å²) in [5.41, 5.74) is 4.37. The minimum Gasteiger partial charge on any atom is -0.472 e. The SMILES string of the molecule is c1ncc(-c2ccc(NCc3ccoc3)cc2)[nH]1. The Bertz CT molecular complexity index is 583. The first-order valence-corrected chi connectivity index (χ1v) is 5.75. The van der Waals surface area contributed by atoms with Crippen LogP contribution in [0.4, 0.5) is 5.69 Å². The molecule has 0 bridgehead atoms. The first kappa shape index (κ1) is 10.7. The Morgan fingerprint density at radius 3 is 2.72 bits per heavy atom. The second-order valence-corrected chi connectivity index (χ2v) is 4.03. The van der Waals surface area contributed by atoms with Gasteiger partial charge in [0.25, 0.3) is 0 Å². The zero-order valence-electron chi connectivity index (χ0n) is 9.76. The van der Waals surface area contributed by atoms with Gasteiger partial charge in [0.05, 0.1) is 30.7 Å². The zero-order chi connectivity index (χ0) is 12.2. The molecule has 0 aliphatic heterocycles. The first-order valence-electron chi connectivity index (χ1n) is 5.75. The van der Waals surface area contributed by atoms with Gasteiger partial charge in [0.2, 0.25) is 0 Å². The van der Waals surface area contributed by atoms with Crippen LogP contribution >= 0.6 is 0 Å². The van der Waals surface area contributed by atoms with Gasteiger partial charge in [-0.15, -0.1) is 0 Å². The van der Waals surface area contributed by atoms with Crippen molar-refractivity contribution in [2.45, 2.75) is 6.54 Å². The molecule has 2 heterocycles. The van der Waals surface area contributed by atoms with Crippen molar-refractivity contribution in [2.75, 3.05) is 5.32 Å². The summed E-state index contributed by atoms with van der Waals surface area (Å²) in [5, 5.41) is 3.33. The summed E-state index contributed by atoms with van der Waals surface area (Å²) < 4.78 is 5.02. The Morgan fingerprint density at radius 1 is 1.17 bits per heavy atom. The largest absolute Gasteiger partial charge is 0.472 e. The number of aromatic amines is 1. The number of rotatable bonds is 4. The summed E-state index contributed by atoms with van der Waals surface area (Å²) in [7, 11) is 0. The lowest BCUT2D eigenvalue weighted by Crippen LogP contribution is -1.97. The molecule has 90 valence electrons. The first-order chi connectivity index (χ1) is 8.92. The van der Waals surface area contributed by atoms with Gasteiger partial charge in [-0.3, -0.25) is 0 Å². The van der Waals surface area contributed by atoms with Crippen molar-refractivity contribution in [3.63, 3.8) is 0 Å². The molecule has 2 N–H and O–H groups in total. The van der Waals surface area contributed by atoms with E-state index in [1.54, 1.807) is 18.9 Å². The number of aromatic nitrogens is 2. The number of nitrogens with one attached hydrogen (secondary N) is 2.